The first kappa shape index (κ1) is 14.3. The summed E-state index contributed by atoms with van der Waals surface area (Å²) < 4.78 is 0. The van der Waals surface area contributed by atoms with Gasteiger partial charge in [0.25, 0.3) is 0 Å². The molecule has 0 bridgehead atoms. The van der Waals surface area contributed by atoms with Crippen molar-refractivity contribution in [1.82, 2.24) is 9.97 Å². The SMILES string of the molecule is CCc1c(NN)ncnc1NCCCc1ccccc1. The number of hydrogen-bond acceptors (Lipinski definition) is 5. The van der Waals surface area contributed by atoms with Gasteiger partial charge >= 0.3 is 0 Å². The van der Waals surface area contributed by atoms with E-state index in [9.17, 15) is 0 Å². The van der Waals surface area contributed by atoms with Gasteiger partial charge in [0.2, 0.25) is 0 Å². The second-order valence-electron chi connectivity index (χ2n) is 4.56. The molecule has 2 aromatic rings. The Balaban J connectivity index is 1.88. The molecule has 106 valence electrons. The molecule has 0 aliphatic rings. The lowest BCUT2D eigenvalue weighted by Gasteiger charge is -2.12. The average molecular weight is 271 g/mol. The van der Waals surface area contributed by atoms with Gasteiger partial charge in [-0.1, -0.05) is 37.3 Å². The Labute approximate surface area is 119 Å². The largest absolute Gasteiger partial charge is 0.370 e. The Bertz CT molecular complexity index is 527. The number of hydrogen-bond donors (Lipinski definition) is 3. The van der Waals surface area contributed by atoms with Crippen molar-refractivity contribution >= 4 is 11.6 Å². The number of nitrogens with one attached hydrogen (secondary N) is 2. The van der Waals surface area contributed by atoms with E-state index in [-0.39, 0.29) is 0 Å². The third kappa shape index (κ3) is 3.68. The second kappa shape index (κ2) is 7.45. The van der Waals surface area contributed by atoms with Crippen molar-refractivity contribution in [3.8, 4) is 0 Å². The van der Waals surface area contributed by atoms with Crippen molar-refractivity contribution in [2.24, 2.45) is 5.84 Å². The summed E-state index contributed by atoms with van der Waals surface area (Å²) in [5.41, 5.74) is 4.99. The maximum absolute atomic E-state index is 5.46. The fourth-order valence-electron chi connectivity index (χ4n) is 2.17. The van der Waals surface area contributed by atoms with Crippen molar-refractivity contribution in [3.63, 3.8) is 0 Å². The molecular formula is C15H21N5. The Morgan fingerprint density at radius 2 is 1.85 bits per heavy atom. The first-order valence-electron chi connectivity index (χ1n) is 6.93. The predicted molar refractivity (Wildman–Crippen MR) is 82.5 cm³/mol. The fourth-order valence-corrected chi connectivity index (χ4v) is 2.17. The summed E-state index contributed by atoms with van der Waals surface area (Å²) in [5, 5.41) is 3.36. The van der Waals surface area contributed by atoms with Crippen LogP contribution in [0, 0.1) is 0 Å². The van der Waals surface area contributed by atoms with Gasteiger partial charge in [-0.25, -0.2) is 15.8 Å². The van der Waals surface area contributed by atoms with Crippen LogP contribution in [-0.2, 0) is 12.8 Å². The zero-order valence-corrected chi connectivity index (χ0v) is 11.8. The number of anilines is 2. The lowest BCUT2D eigenvalue weighted by molar-refractivity contribution is 0.854. The summed E-state index contributed by atoms with van der Waals surface area (Å²) in [6.45, 7) is 2.94. The van der Waals surface area contributed by atoms with E-state index in [2.05, 4.69) is 51.9 Å². The Morgan fingerprint density at radius 3 is 2.55 bits per heavy atom. The van der Waals surface area contributed by atoms with E-state index in [0.29, 0.717) is 5.82 Å². The van der Waals surface area contributed by atoms with Crippen LogP contribution in [0.5, 0.6) is 0 Å². The van der Waals surface area contributed by atoms with Gasteiger partial charge in [0.1, 0.15) is 18.0 Å². The van der Waals surface area contributed by atoms with E-state index in [1.54, 1.807) is 0 Å². The van der Waals surface area contributed by atoms with Gasteiger partial charge in [-0.2, -0.15) is 0 Å². The molecule has 0 aliphatic heterocycles. The molecule has 0 saturated heterocycles. The molecule has 0 unspecified atom stereocenters. The minimum atomic E-state index is 0.688. The highest BCUT2D eigenvalue weighted by Crippen LogP contribution is 2.19. The van der Waals surface area contributed by atoms with Crippen LogP contribution in [0.15, 0.2) is 36.7 Å². The van der Waals surface area contributed by atoms with Crippen LogP contribution in [0.25, 0.3) is 0 Å². The quantitative estimate of drug-likeness (QED) is 0.409. The number of rotatable bonds is 7. The van der Waals surface area contributed by atoms with Crippen LogP contribution >= 0.6 is 0 Å². The van der Waals surface area contributed by atoms with Gasteiger partial charge in [0, 0.05) is 12.1 Å². The summed E-state index contributed by atoms with van der Waals surface area (Å²) >= 11 is 0. The van der Waals surface area contributed by atoms with Crippen LogP contribution in [0.1, 0.15) is 24.5 Å². The number of aryl methyl sites for hydroxylation is 1. The highest BCUT2D eigenvalue weighted by atomic mass is 15.3. The van der Waals surface area contributed by atoms with Crippen LogP contribution in [-0.4, -0.2) is 16.5 Å². The van der Waals surface area contributed by atoms with Crippen molar-refractivity contribution in [2.45, 2.75) is 26.2 Å². The molecule has 1 aromatic heterocycles. The average Bonchev–Trinajstić information content (AvgIpc) is 2.52. The van der Waals surface area contributed by atoms with Gasteiger partial charge in [0.05, 0.1) is 0 Å². The fraction of sp³-hybridized carbons (Fsp3) is 0.333. The normalized spacial score (nSPS) is 10.3. The molecule has 0 aliphatic carbocycles. The van der Waals surface area contributed by atoms with Crippen molar-refractivity contribution in [3.05, 3.63) is 47.8 Å². The Hall–Kier alpha value is -2.14. The standard InChI is InChI=1S/C15H21N5/c1-2-13-14(18-11-19-15(13)20-16)17-10-6-9-12-7-4-3-5-8-12/h3-5,7-8,11H,2,6,9-10,16H2,1H3,(H2,17,18,19,20). The molecule has 5 nitrogen and oxygen atoms in total. The molecular weight excluding hydrogens is 250 g/mol. The van der Waals surface area contributed by atoms with Crippen molar-refractivity contribution < 1.29 is 0 Å². The minimum absolute atomic E-state index is 0.688. The molecule has 0 amide bonds. The van der Waals surface area contributed by atoms with Crippen LogP contribution in [0.3, 0.4) is 0 Å². The molecule has 0 radical (unpaired) electrons. The second-order valence-corrected chi connectivity index (χ2v) is 4.56. The maximum Gasteiger partial charge on any atom is 0.148 e. The number of benzene rings is 1. The van der Waals surface area contributed by atoms with Crippen LogP contribution < -0.4 is 16.6 Å². The molecule has 4 N–H and O–H groups in total. The van der Waals surface area contributed by atoms with E-state index in [1.807, 2.05) is 6.07 Å². The topological polar surface area (TPSA) is 75.9 Å². The van der Waals surface area contributed by atoms with Crippen LogP contribution in [0.2, 0.25) is 0 Å². The monoisotopic (exact) mass is 271 g/mol. The highest BCUT2D eigenvalue weighted by molar-refractivity contribution is 5.56. The van der Waals surface area contributed by atoms with Gasteiger partial charge in [-0.15, -0.1) is 0 Å². The van der Waals surface area contributed by atoms with E-state index in [4.69, 9.17) is 5.84 Å². The number of nitrogen functional groups attached to an aromatic ring is 1. The third-order valence-electron chi connectivity index (χ3n) is 3.21. The summed E-state index contributed by atoms with van der Waals surface area (Å²) in [7, 11) is 0. The van der Waals surface area contributed by atoms with E-state index >= 15 is 0 Å². The summed E-state index contributed by atoms with van der Waals surface area (Å²) in [4.78, 5) is 8.40. The third-order valence-corrected chi connectivity index (χ3v) is 3.21. The first-order chi connectivity index (χ1) is 9.85. The maximum atomic E-state index is 5.46. The van der Waals surface area contributed by atoms with E-state index in [0.717, 1.165) is 37.2 Å². The Morgan fingerprint density at radius 1 is 1.10 bits per heavy atom. The van der Waals surface area contributed by atoms with Gasteiger partial charge in [-0.3, -0.25) is 0 Å². The molecule has 5 heteroatoms. The molecule has 0 spiro atoms. The number of hydrazine groups is 1. The smallest absolute Gasteiger partial charge is 0.148 e. The zero-order valence-electron chi connectivity index (χ0n) is 11.8. The summed E-state index contributed by atoms with van der Waals surface area (Å²) in [5.74, 6) is 7.01. The van der Waals surface area contributed by atoms with Crippen molar-refractivity contribution in [1.29, 1.82) is 0 Å². The molecule has 2 rings (SSSR count). The lowest BCUT2D eigenvalue weighted by atomic mass is 10.1. The number of nitrogens with two attached hydrogens (primary N) is 1. The summed E-state index contributed by atoms with van der Waals surface area (Å²) in [6.07, 6.45) is 4.47. The molecule has 1 heterocycles. The number of aromatic nitrogens is 2. The van der Waals surface area contributed by atoms with Gasteiger partial charge < -0.3 is 10.7 Å². The molecule has 0 fully saturated rings. The Kier molecular flexibility index (Phi) is 5.32. The minimum Gasteiger partial charge on any atom is -0.370 e. The summed E-state index contributed by atoms with van der Waals surface area (Å²) in [6, 6.07) is 10.5. The van der Waals surface area contributed by atoms with Crippen LogP contribution in [0.4, 0.5) is 11.6 Å². The van der Waals surface area contributed by atoms with E-state index < -0.39 is 0 Å². The van der Waals surface area contributed by atoms with E-state index in [1.165, 1.54) is 11.9 Å². The number of nitrogens with zero attached hydrogens (tertiary/aromatic N) is 2. The van der Waals surface area contributed by atoms with Gasteiger partial charge in [0.15, 0.2) is 0 Å². The first-order valence-corrected chi connectivity index (χ1v) is 6.93. The molecule has 20 heavy (non-hydrogen) atoms. The van der Waals surface area contributed by atoms with Crippen molar-refractivity contribution in [2.75, 3.05) is 17.3 Å². The molecule has 1 aromatic carbocycles. The van der Waals surface area contributed by atoms with Gasteiger partial charge in [-0.05, 0) is 24.8 Å². The predicted octanol–water partition coefficient (Wildman–Crippen LogP) is 2.37. The molecule has 0 saturated carbocycles. The molecule has 0 atom stereocenters. The zero-order chi connectivity index (χ0) is 14.2. The highest BCUT2D eigenvalue weighted by Gasteiger charge is 2.07. The lowest BCUT2D eigenvalue weighted by Crippen LogP contribution is -2.14.